The summed E-state index contributed by atoms with van der Waals surface area (Å²) in [7, 11) is 0. The first-order valence-electron chi connectivity index (χ1n) is 12.3. The topological polar surface area (TPSA) is 67.2 Å². The molecule has 2 heterocycles. The molecule has 1 N–H and O–H groups in total. The van der Waals surface area contributed by atoms with Crippen LogP contribution in [0.1, 0.15) is 29.7 Å². The van der Waals surface area contributed by atoms with Crippen LogP contribution in [-0.4, -0.2) is 40.4 Å². The molecule has 0 saturated carbocycles. The van der Waals surface area contributed by atoms with E-state index in [2.05, 4.69) is 5.32 Å². The van der Waals surface area contributed by atoms with E-state index in [9.17, 15) is 14.0 Å². The number of hydrogen-bond donors (Lipinski definition) is 1. The van der Waals surface area contributed by atoms with Crippen LogP contribution in [0.5, 0.6) is 0 Å². The van der Waals surface area contributed by atoms with Crippen molar-refractivity contribution in [2.75, 3.05) is 23.7 Å². The number of fused-ring (bicyclic) bond motifs is 1. The first-order valence-corrected chi connectivity index (χ1v) is 13.8. The number of aromatic nitrogens is 2. The Morgan fingerprint density at radius 1 is 1.11 bits per heavy atom. The maximum Gasteiger partial charge on any atom is 0.240 e. The predicted octanol–water partition coefficient (Wildman–Crippen LogP) is 6.03. The summed E-state index contributed by atoms with van der Waals surface area (Å²) in [6, 6.07) is 23.2. The highest BCUT2D eigenvalue weighted by atomic mass is 35.5. The van der Waals surface area contributed by atoms with E-state index >= 15 is 0 Å². The summed E-state index contributed by atoms with van der Waals surface area (Å²) < 4.78 is 16.1. The zero-order valence-corrected chi connectivity index (χ0v) is 22.3. The number of benzene rings is 3. The molecular formula is C29H26ClFN4O2S. The second kappa shape index (κ2) is 11.4. The zero-order valence-electron chi connectivity index (χ0n) is 20.7. The Hall–Kier alpha value is -3.62. The standard InChI is InChI=1S/C29H26ClFN4O2S/c1-2-15-32-24(36)17-34-25(37)18-38-28(20-11-8-12-21(31)16-20)26-27(19-9-4-3-5-10-19)33-35(29(26)34)23-14-7-6-13-22(23)30/h3-14,16,28H,2,15,17-18H2,1H3,(H,32,36)/t28-/m1/s1. The van der Waals surface area contributed by atoms with E-state index in [0.717, 1.165) is 17.5 Å². The molecule has 0 unspecified atom stereocenters. The van der Waals surface area contributed by atoms with Gasteiger partial charge in [-0.25, -0.2) is 9.07 Å². The summed E-state index contributed by atoms with van der Waals surface area (Å²) in [5, 5.41) is 7.88. The second-order valence-electron chi connectivity index (χ2n) is 8.89. The molecule has 0 bridgehead atoms. The number of para-hydroxylation sites is 1. The number of amides is 2. The molecule has 1 aliphatic rings. The van der Waals surface area contributed by atoms with Gasteiger partial charge in [-0.1, -0.05) is 73.1 Å². The van der Waals surface area contributed by atoms with E-state index in [1.807, 2.05) is 61.5 Å². The van der Waals surface area contributed by atoms with E-state index in [4.69, 9.17) is 16.7 Å². The summed E-state index contributed by atoms with van der Waals surface area (Å²) >= 11 is 8.02. The Bertz CT molecular complexity index is 1480. The van der Waals surface area contributed by atoms with Crippen LogP contribution in [0.2, 0.25) is 5.02 Å². The normalized spacial score (nSPS) is 15.2. The minimum Gasteiger partial charge on any atom is -0.355 e. The molecule has 1 atom stereocenters. The number of anilines is 1. The monoisotopic (exact) mass is 548 g/mol. The van der Waals surface area contributed by atoms with Gasteiger partial charge < -0.3 is 5.32 Å². The fourth-order valence-corrected chi connectivity index (χ4v) is 5.92. The number of nitrogens with zero attached hydrogens (tertiary/aromatic N) is 3. The van der Waals surface area contributed by atoms with Crippen LogP contribution in [0.4, 0.5) is 10.2 Å². The molecule has 4 aromatic rings. The highest BCUT2D eigenvalue weighted by molar-refractivity contribution is 8.00. The minimum absolute atomic E-state index is 0.105. The molecule has 5 rings (SSSR count). The van der Waals surface area contributed by atoms with E-state index in [1.165, 1.54) is 28.8 Å². The average Bonchev–Trinajstić information content (AvgIpc) is 3.24. The lowest BCUT2D eigenvalue weighted by atomic mass is 9.99. The largest absolute Gasteiger partial charge is 0.355 e. The highest BCUT2D eigenvalue weighted by Crippen LogP contribution is 2.48. The number of thioether (sulfide) groups is 1. The summed E-state index contributed by atoms with van der Waals surface area (Å²) in [4.78, 5) is 28.0. The first kappa shape index (κ1) is 26.0. The lowest BCUT2D eigenvalue weighted by Gasteiger charge is -2.23. The van der Waals surface area contributed by atoms with Crippen LogP contribution in [-0.2, 0) is 9.59 Å². The molecule has 1 aliphatic heterocycles. The maximum atomic E-state index is 14.4. The van der Waals surface area contributed by atoms with Crippen LogP contribution in [0.15, 0.2) is 78.9 Å². The molecule has 0 saturated heterocycles. The van der Waals surface area contributed by atoms with Crippen molar-refractivity contribution >= 4 is 41.0 Å². The van der Waals surface area contributed by atoms with Crippen molar-refractivity contribution < 1.29 is 14.0 Å². The van der Waals surface area contributed by atoms with Crippen molar-refractivity contribution in [3.05, 3.63) is 101 Å². The lowest BCUT2D eigenvalue weighted by Crippen LogP contribution is -2.42. The van der Waals surface area contributed by atoms with Crippen LogP contribution in [0.3, 0.4) is 0 Å². The minimum atomic E-state index is -0.417. The van der Waals surface area contributed by atoms with Gasteiger partial charge in [-0.3, -0.25) is 14.5 Å². The van der Waals surface area contributed by atoms with Gasteiger partial charge in [0, 0.05) is 17.7 Å². The average molecular weight is 549 g/mol. The Morgan fingerprint density at radius 3 is 2.61 bits per heavy atom. The van der Waals surface area contributed by atoms with Crippen molar-refractivity contribution in [1.82, 2.24) is 15.1 Å². The molecule has 194 valence electrons. The number of hydrogen-bond acceptors (Lipinski definition) is 4. The summed E-state index contributed by atoms with van der Waals surface area (Å²) in [5.41, 5.74) is 3.47. The summed E-state index contributed by atoms with van der Waals surface area (Å²) in [6.45, 7) is 2.30. The zero-order chi connectivity index (χ0) is 26.6. The third-order valence-corrected chi connectivity index (χ3v) is 7.82. The van der Waals surface area contributed by atoms with Crippen LogP contribution in [0.25, 0.3) is 16.9 Å². The first-order chi connectivity index (χ1) is 18.5. The molecule has 0 fully saturated rings. The number of nitrogens with one attached hydrogen (secondary N) is 1. The van der Waals surface area contributed by atoms with Gasteiger partial charge in [0.25, 0.3) is 0 Å². The van der Waals surface area contributed by atoms with E-state index in [1.54, 1.807) is 16.8 Å². The lowest BCUT2D eigenvalue weighted by molar-refractivity contribution is -0.122. The summed E-state index contributed by atoms with van der Waals surface area (Å²) in [6.07, 6.45) is 0.776. The van der Waals surface area contributed by atoms with Gasteiger partial charge in [0.2, 0.25) is 11.8 Å². The molecular weight excluding hydrogens is 523 g/mol. The fraction of sp³-hybridized carbons (Fsp3) is 0.207. The number of carbonyl (C=O) groups excluding carboxylic acids is 2. The molecule has 0 aliphatic carbocycles. The third kappa shape index (κ3) is 5.19. The summed E-state index contributed by atoms with van der Waals surface area (Å²) in [5.74, 6) is -0.319. The molecule has 9 heteroatoms. The van der Waals surface area contributed by atoms with Crippen molar-refractivity contribution in [2.24, 2.45) is 0 Å². The van der Waals surface area contributed by atoms with Gasteiger partial charge in [-0.15, -0.1) is 11.8 Å². The van der Waals surface area contributed by atoms with Crippen molar-refractivity contribution in [1.29, 1.82) is 0 Å². The number of carbonyl (C=O) groups is 2. The molecule has 1 aromatic heterocycles. The van der Waals surface area contributed by atoms with Gasteiger partial charge in [-0.05, 0) is 36.2 Å². The molecule has 0 radical (unpaired) electrons. The van der Waals surface area contributed by atoms with Crippen molar-refractivity contribution in [2.45, 2.75) is 18.6 Å². The highest BCUT2D eigenvalue weighted by Gasteiger charge is 2.38. The van der Waals surface area contributed by atoms with Crippen molar-refractivity contribution in [3.63, 3.8) is 0 Å². The quantitative estimate of drug-likeness (QED) is 0.306. The van der Waals surface area contributed by atoms with Gasteiger partial charge in [-0.2, -0.15) is 5.10 Å². The predicted molar refractivity (Wildman–Crippen MR) is 150 cm³/mol. The Kier molecular flexibility index (Phi) is 7.81. The van der Waals surface area contributed by atoms with Crippen LogP contribution in [0, 0.1) is 5.82 Å². The fourth-order valence-electron chi connectivity index (χ4n) is 4.52. The van der Waals surface area contributed by atoms with Gasteiger partial charge in [0.15, 0.2) is 0 Å². The van der Waals surface area contributed by atoms with E-state index < -0.39 is 5.25 Å². The smallest absolute Gasteiger partial charge is 0.240 e. The van der Waals surface area contributed by atoms with Gasteiger partial charge >= 0.3 is 0 Å². The number of halogens is 2. The van der Waals surface area contributed by atoms with Gasteiger partial charge in [0.05, 0.1) is 27.4 Å². The number of rotatable bonds is 7. The molecule has 2 amide bonds. The van der Waals surface area contributed by atoms with E-state index in [0.29, 0.717) is 34.3 Å². The maximum absolute atomic E-state index is 14.4. The SMILES string of the molecule is CCCNC(=O)CN1C(=O)CS[C@H](c2cccc(F)c2)c2c(-c3ccccc3)nn(-c3ccccc3Cl)c21. The third-order valence-electron chi connectivity index (χ3n) is 6.24. The van der Waals surface area contributed by atoms with Crippen molar-refractivity contribution in [3.8, 4) is 16.9 Å². The Balaban J connectivity index is 1.80. The molecule has 6 nitrogen and oxygen atoms in total. The molecule has 38 heavy (non-hydrogen) atoms. The van der Waals surface area contributed by atoms with Crippen LogP contribution < -0.4 is 10.2 Å². The molecule has 3 aromatic carbocycles. The van der Waals surface area contributed by atoms with Gasteiger partial charge in [0.1, 0.15) is 18.2 Å². The van der Waals surface area contributed by atoms with E-state index in [-0.39, 0.29) is 29.9 Å². The Labute approximate surface area is 229 Å². The second-order valence-corrected chi connectivity index (χ2v) is 10.4. The molecule has 0 spiro atoms. The van der Waals surface area contributed by atoms with Crippen LogP contribution >= 0.6 is 23.4 Å². The Morgan fingerprint density at radius 2 is 1.87 bits per heavy atom.